The van der Waals surface area contributed by atoms with Crippen molar-refractivity contribution in [1.29, 1.82) is 0 Å². The SMILES string of the molecule is O=C(O)CC(CCN1CC2(CCC2(F)F)C1)NC(=O)c1cc(-c2ccccc2C(F)(F)F)n(C2CCCC2)n1. The molecule has 1 amide bonds. The first-order valence-corrected chi connectivity index (χ1v) is 13.3. The predicted molar refractivity (Wildman–Crippen MR) is 131 cm³/mol. The van der Waals surface area contributed by atoms with Crippen LogP contribution in [-0.4, -0.2) is 63.3 Å². The third-order valence-corrected chi connectivity index (χ3v) is 8.44. The molecule has 1 unspecified atom stereocenters. The Morgan fingerprint density at radius 2 is 1.82 bits per heavy atom. The van der Waals surface area contributed by atoms with Crippen molar-refractivity contribution in [3.63, 3.8) is 0 Å². The normalized spacial score (nSPS) is 21.4. The summed E-state index contributed by atoms with van der Waals surface area (Å²) in [7, 11) is 0. The number of nitrogens with zero attached hydrogens (tertiary/aromatic N) is 3. The van der Waals surface area contributed by atoms with Crippen molar-refractivity contribution in [2.75, 3.05) is 19.6 Å². The van der Waals surface area contributed by atoms with E-state index in [1.54, 1.807) is 0 Å². The smallest absolute Gasteiger partial charge is 0.417 e. The summed E-state index contributed by atoms with van der Waals surface area (Å²) >= 11 is 0. The fourth-order valence-corrected chi connectivity index (χ4v) is 6.15. The van der Waals surface area contributed by atoms with E-state index in [9.17, 15) is 36.6 Å². The Bertz CT molecular complexity index is 1230. The second-order valence-electron chi connectivity index (χ2n) is 11.1. The number of alkyl halides is 5. The van der Waals surface area contributed by atoms with Gasteiger partial charge in [-0.3, -0.25) is 14.3 Å². The molecule has 12 heteroatoms. The molecule has 39 heavy (non-hydrogen) atoms. The maximum absolute atomic E-state index is 13.9. The average molecular weight is 555 g/mol. The number of rotatable bonds is 9. The van der Waals surface area contributed by atoms with Crippen LogP contribution in [0.3, 0.4) is 0 Å². The number of aliphatic carboxylic acids is 1. The number of carbonyl (C=O) groups is 2. The monoisotopic (exact) mass is 554 g/mol. The zero-order valence-electron chi connectivity index (χ0n) is 21.3. The van der Waals surface area contributed by atoms with E-state index in [0.717, 1.165) is 31.7 Å². The summed E-state index contributed by atoms with van der Waals surface area (Å²) in [4.78, 5) is 26.5. The fourth-order valence-electron chi connectivity index (χ4n) is 6.15. The maximum Gasteiger partial charge on any atom is 0.417 e. The minimum Gasteiger partial charge on any atom is -0.481 e. The molecule has 2 aromatic rings. The van der Waals surface area contributed by atoms with Crippen LogP contribution in [0.25, 0.3) is 11.3 Å². The molecule has 7 nitrogen and oxygen atoms in total. The van der Waals surface area contributed by atoms with Gasteiger partial charge in [-0.25, -0.2) is 8.78 Å². The molecule has 1 saturated heterocycles. The van der Waals surface area contributed by atoms with Crippen molar-refractivity contribution in [2.45, 2.75) is 75.5 Å². The first-order chi connectivity index (χ1) is 18.4. The highest BCUT2D eigenvalue weighted by molar-refractivity contribution is 5.94. The molecule has 2 heterocycles. The molecule has 1 aliphatic heterocycles. The number of benzene rings is 1. The van der Waals surface area contributed by atoms with E-state index in [0.29, 0.717) is 13.0 Å². The standard InChI is InChI=1S/C27H31F5N4O3/c28-26(29)11-10-25(26)15-35(16-25)12-9-17(13-23(37)38)33-24(39)21-14-22(36(34-21)18-5-1-2-6-18)19-7-3-4-8-20(19)27(30,31)32/h3-4,7-8,14,17-18H,1-2,5-6,9-13,15-16H2,(H,33,39)(H,37,38). The molecule has 1 spiro atoms. The zero-order valence-corrected chi connectivity index (χ0v) is 21.3. The van der Waals surface area contributed by atoms with Gasteiger partial charge in [0.15, 0.2) is 5.69 Å². The lowest BCUT2D eigenvalue weighted by atomic mass is 9.60. The molecule has 3 fully saturated rings. The van der Waals surface area contributed by atoms with Crippen LogP contribution in [0.15, 0.2) is 30.3 Å². The van der Waals surface area contributed by atoms with Gasteiger partial charge in [0.05, 0.1) is 29.1 Å². The molecule has 2 aliphatic carbocycles. The van der Waals surface area contributed by atoms with Gasteiger partial charge in [0, 0.05) is 37.7 Å². The van der Waals surface area contributed by atoms with Gasteiger partial charge in [0.1, 0.15) is 0 Å². The van der Waals surface area contributed by atoms with Gasteiger partial charge in [0.25, 0.3) is 11.8 Å². The highest BCUT2D eigenvalue weighted by atomic mass is 19.4. The number of carboxylic acid groups (broad SMARTS) is 1. The molecule has 212 valence electrons. The molecule has 0 radical (unpaired) electrons. The summed E-state index contributed by atoms with van der Waals surface area (Å²) in [5.41, 5.74) is -1.80. The number of likely N-dealkylation sites (tertiary alicyclic amines) is 1. The number of carbonyl (C=O) groups excluding carboxylic acids is 1. The zero-order chi connectivity index (χ0) is 28.0. The molecule has 5 rings (SSSR count). The van der Waals surface area contributed by atoms with E-state index in [-0.39, 0.29) is 55.3 Å². The summed E-state index contributed by atoms with van der Waals surface area (Å²) in [5, 5.41) is 16.4. The van der Waals surface area contributed by atoms with E-state index in [1.807, 2.05) is 4.90 Å². The Labute approximate surface area is 222 Å². The Morgan fingerprint density at radius 1 is 1.13 bits per heavy atom. The van der Waals surface area contributed by atoms with Gasteiger partial charge >= 0.3 is 12.1 Å². The van der Waals surface area contributed by atoms with Crippen LogP contribution in [0.4, 0.5) is 22.0 Å². The predicted octanol–water partition coefficient (Wildman–Crippen LogP) is 5.38. The summed E-state index contributed by atoms with van der Waals surface area (Å²) in [6.07, 6.45) is -1.15. The summed E-state index contributed by atoms with van der Waals surface area (Å²) in [6.45, 7) is 0.819. The molecule has 2 saturated carbocycles. The Kier molecular flexibility index (Phi) is 7.19. The van der Waals surface area contributed by atoms with Gasteiger partial charge in [-0.15, -0.1) is 0 Å². The highest BCUT2D eigenvalue weighted by Gasteiger charge is 2.66. The number of aromatic nitrogens is 2. The van der Waals surface area contributed by atoms with E-state index in [2.05, 4.69) is 10.4 Å². The van der Waals surface area contributed by atoms with Gasteiger partial charge < -0.3 is 15.3 Å². The highest BCUT2D eigenvalue weighted by Crippen LogP contribution is 2.58. The molecular weight excluding hydrogens is 523 g/mol. The topological polar surface area (TPSA) is 87.5 Å². The third kappa shape index (κ3) is 5.39. The van der Waals surface area contributed by atoms with Crippen molar-refractivity contribution in [3.05, 3.63) is 41.6 Å². The Hall–Kier alpha value is -3.02. The van der Waals surface area contributed by atoms with Crippen molar-refractivity contribution in [1.82, 2.24) is 20.0 Å². The van der Waals surface area contributed by atoms with Crippen LogP contribution in [0, 0.1) is 5.41 Å². The number of nitrogens with one attached hydrogen (secondary N) is 1. The van der Waals surface area contributed by atoms with Crippen LogP contribution in [0.2, 0.25) is 0 Å². The van der Waals surface area contributed by atoms with Gasteiger partial charge in [-0.1, -0.05) is 31.0 Å². The minimum absolute atomic E-state index is 0.0787. The number of amides is 1. The number of halogens is 5. The maximum atomic E-state index is 13.9. The lowest BCUT2D eigenvalue weighted by Crippen LogP contribution is -2.70. The Balaban J connectivity index is 1.33. The van der Waals surface area contributed by atoms with Crippen LogP contribution in [-0.2, 0) is 11.0 Å². The summed E-state index contributed by atoms with van der Waals surface area (Å²) in [6, 6.07) is 5.53. The largest absolute Gasteiger partial charge is 0.481 e. The molecule has 3 aliphatic rings. The second kappa shape index (κ2) is 10.2. The lowest BCUT2D eigenvalue weighted by molar-refractivity contribution is -0.258. The first kappa shape index (κ1) is 27.5. The van der Waals surface area contributed by atoms with Crippen molar-refractivity contribution in [2.24, 2.45) is 5.41 Å². The van der Waals surface area contributed by atoms with Crippen LogP contribution >= 0.6 is 0 Å². The molecular formula is C27H31F5N4O3. The third-order valence-electron chi connectivity index (χ3n) is 8.44. The number of hydrogen-bond acceptors (Lipinski definition) is 4. The second-order valence-corrected chi connectivity index (χ2v) is 11.1. The van der Waals surface area contributed by atoms with Gasteiger partial charge in [-0.2, -0.15) is 18.3 Å². The molecule has 1 aromatic carbocycles. The van der Waals surface area contributed by atoms with E-state index in [1.165, 1.54) is 28.9 Å². The summed E-state index contributed by atoms with van der Waals surface area (Å²) < 4.78 is 70.6. The van der Waals surface area contributed by atoms with Gasteiger partial charge in [-0.05, 0) is 37.8 Å². The van der Waals surface area contributed by atoms with E-state index in [4.69, 9.17) is 0 Å². The molecule has 0 bridgehead atoms. The van der Waals surface area contributed by atoms with Crippen molar-refractivity contribution < 1.29 is 36.6 Å². The number of hydrogen-bond donors (Lipinski definition) is 2. The molecule has 2 N–H and O–H groups in total. The van der Waals surface area contributed by atoms with Crippen molar-refractivity contribution in [3.8, 4) is 11.3 Å². The fraction of sp³-hybridized carbons (Fsp3) is 0.593. The van der Waals surface area contributed by atoms with Crippen molar-refractivity contribution >= 4 is 11.9 Å². The first-order valence-electron chi connectivity index (χ1n) is 13.3. The van der Waals surface area contributed by atoms with Gasteiger partial charge in [0.2, 0.25) is 0 Å². The Morgan fingerprint density at radius 3 is 2.41 bits per heavy atom. The lowest BCUT2D eigenvalue weighted by Gasteiger charge is -2.60. The summed E-state index contributed by atoms with van der Waals surface area (Å²) in [5.74, 6) is -4.49. The quantitative estimate of drug-likeness (QED) is 0.407. The minimum atomic E-state index is -4.60. The van der Waals surface area contributed by atoms with Crippen LogP contribution in [0.1, 0.15) is 73.5 Å². The average Bonchev–Trinajstić information content (AvgIpc) is 3.51. The van der Waals surface area contributed by atoms with E-state index >= 15 is 0 Å². The van der Waals surface area contributed by atoms with Crippen LogP contribution in [0.5, 0.6) is 0 Å². The number of carboxylic acids is 1. The van der Waals surface area contributed by atoms with E-state index < -0.39 is 41.0 Å². The van der Waals surface area contributed by atoms with Crippen LogP contribution < -0.4 is 5.32 Å². The molecule has 1 atom stereocenters. The molecule has 1 aromatic heterocycles.